The lowest BCUT2D eigenvalue weighted by molar-refractivity contribution is -0.898. The van der Waals surface area contributed by atoms with E-state index in [1.54, 1.807) is 24.3 Å². The van der Waals surface area contributed by atoms with E-state index in [2.05, 4.69) is 30.4 Å². The number of carbonyl (C=O) groups excluding carboxylic acids is 1. The quantitative estimate of drug-likeness (QED) is 0.845. The maximum atomic E-state index is 12.3. The zero-order valence-electron chi connectivity index (χ0n) is 15.3. The van der Waals surface area contributed by atoms with Crippen LogP contribution in [0, 0.1) is 11.3 Å². The number of nitriles is 1. The Morgan fingerprint density at radius 2 is 1.81 bits per heavy atom. The molecule has 5 nitrogen and oxygen atoms in total. The number of piperazine rings is 1. The fourth-order valence-electron chi connectivity index (χ4n) is 3.06. The van der Waals surface area contributed by atoms with Crippen molar-refractivity contribution in [2.24, 2.45) is 0 Å². The fraction of sp³-hybridized carbons (Fsp3) is 0.273. The molecule has 2 aromatic rings. The number of ether oxygens (including phenoxy) is 1. The minimum absolute atomic E-state index is 0.0123. The molecular weight excluding hydrogens is 338 g/mol. The van der Waals surface area contributed by atoms with Crippen LogP contribution < -0.4 is 9.64 Å². The zero-order valence-corrected chi connectivity index (χ0v) is 15.3. The summed E-state index contributed by atoms with van der Waals surface area (Å²) in [5.74, 6) is 0.621. The topological polar surface area (TPSA) is 57.8 Å². The molecule has 0 spiro atoms. The van der Waals surface area contributed by atoms with E-state index in [1.807, 2.05) is 23.1 Å². The molecule has 27 heavy (non-hydrogen) atoms. The number of hydrogen-bond acceptors (Lipinski definition) is 3. The van der Waals surface area contributed by atoms with Crippen molar-refractivity contribution in [3.8, 4) is 11.8 Å². The second-order valence-corrected chi connectivity index (χ2v) is 6.57. The highest BCUT2D eigenvalue weighted by atomic mass is 16.5. The predicted molar refractivity (Wildman–Crippen MR) is 104 cm³/mol. The third-order valence-electron chi connectivity index (χ3n) is 4.69. The van der Waals surface area contributed by atoms with Crippen LogP contribution in [0.15, 0.2) is 60.7 Å². The summed E-state index contributed by atoms with van der Waals surface area (Å²) in [5.41, 5.74) is 1.79. The highest BCUT2D eigenvalue weighted by Gasteiger charge is 2.23. The van der Waals surface area contributed by atoms with Gasteiger partial charge in [-0.05, 0) is 35.9 Å². The van der Waals surface area contributed by atoms with Gasteiger partial charge in [0, 0.05) is 0 Å². The first-order valence-corrected chi connectivity index (χ1v) is 9.20. The first kappa shape index (κ1) is 18.7. The predicted octanol–water partition coefficient (Wildman–Crippen LogP) is 1.38. The Morgan fingerprint density at radius 1 is 1.11 bits per heavy atom. The average Bonchev–Trinajstić information content (AvgIpc) is 2.73. The molecule has 0 atom stereocenters. The highest BCUT2D eigenvalue weighted by Crippen LogP contribution is 2.11. The molecule has 1 heterocycles. The van der Waals surface area contributed by atoms with Crippen molar-refractivity contribution in [2.75, 3.05) is 39.3 Å². The second-order valence-electron chi connectivity index (χ2n) is 6.57. The first-order chi connectivity index (χ1) is 13.2. The zero-order chi connectivity index (χ0) is 18.9. The number of quaternary nitrogens is 1. The van der Waals surface area contributed by atoms with E-state index in [-0.39, 0.29) is 12.5 Å². The van der Waals surface area contributed by atoms with Gasteiger partial charge in [-0.2, -0.15) is 5.26 Å². The lowest BCUT2D eigenvalue weighted by Gasteiger charge is -2.31. The van der Waals surface area contributed by atoms with E-state index in [4.69, 9.17) is 10.00 Å². The molecule has 1 N–H and O–H groups in total. The van der Waals surface area contributed by atoms with E-state index in [9.17, 15) is 4.79 Å². The van der Waals surface area contributed by atoms with Crippen molar-refractivity contribution >= 4 is 12.0 Å². The maximum Gasteiger partial charge on any atom is 0.260 e. The van der Waals surface area contributed by atoms with Gasteiger partial charge in [-0.15, -0.1) is 0 Å². The summed E-state index contributed by atoms with van der Waals surface area (Å²) < 4.78 is 5.54. The largest absolute Gasteiger partial charge is 0.484 e. The van der Waals surface area contributed by atoms with Crippen LogP contribution >= 0.6 is 0 Å². The molecule has 0 radical (unpaired) electrons. The minimum Gasteiger partial charge on any atom is -0.484 e. The Morgan fingerprint density at radius 3 is 2.48 bits per heavy atom. The number of benzene rings is 2. The summed E-state index contributed by atoms with van der Waals surface area (Å²) in [5, 5.41) is 8.79. The number of rotatable bonds is 6. The Kier molecular flexibility index (Phi) is 6.61. The van der Waals surface area contributed by atoms with Gasteiger partial charge in [-0.25, -0.2) is 0 Å². The van der Waals surface area contributed by atoms with Crippen LogP contribution in [0.1, 0.15) is 11.1 Å². The third-order valence-corrected chi connectivity index (χ3v) is 4.69. The Balaban J connectivity index is 1.38. The molecule has 3 rings (SSSR count). The molecular formula is C22H24N3O2+. The second kappa shape index (κ2) is 9.56. The Bertz CT molecular complexity index is 802. The van der Waals surface area contributed by atoms with Crippen molar-refractivity contribution in [2.45, 2.75) is 0 Å². The van der Waals surface area contributed by atoms with Gasteiger partial charge in [-0.3, -0.25) is 4.79 Å². The molecule has 1 aliphatic heterocycles. The molecule has 0 unspecified atom stereocenters. The number of carbonyl (C=O) groups is 1. The van der Waals surface area contributed by atoms with Gasteiger partial charge in [0.05, 0.1) is 44.4 Å². The smallest absolute Gasteiger partial charge is 0.260 e. The van der Waals surface area contributed by atoms with Gasteiger partial charge in [-0.1, -0.05) is 36.4 Å². The summed E-state index contributed by atoms with van der Waals surface area (Å²) in [6.45, 7) is 4.41. The lowest BCUT2D eigenvalue weighted by Crippen LogP contribution is -3.14. The van der Waals surface area contributed by atoms with Crippen LogP contribution in [0.4, 0.5) is 0 Å². The van der Waals surface area contributed by atoms with Crippen LogP contribution in [0.3, 0.4) is 0 Å². The van der Waals surface area contributed by atoms with Crippen LogP contribution in [-0.4, -0.2) is 50.1 Å². The van der Waals surface area contributed by atoms with E-state index in [1.165, 1.54) is 10.5 Å². The fourth-order valence-corrected chi connectivity index (χ4v) is 3.06. The van der Waals surface area contributed by atoms with Crippen LogP contribution in [-0.2, 0) is 4.79 Å². The monoisotopic (exact) mass is 362 g/mol. The molecule has 0 aliphatic carbocycles. The van der Waals surface area contributed by atoms with Gasteiger partial charge >= 0.3 is 0 Å². The Hall–Kier alpha value is -3.10. The van der Waals surface area contributed by atoms with Gasteiger partial charge in [0.25, 0.3) is 5.91 Å². The van der Waals surface area contributed by atoms with Crippen molar-refractivity contribution < 1.29 is 14.4 Å². The highest BCUT2D eigenvalue weighted by molar-refractivity contribution is 5.77. The molecule has 1 aliphatic rings. The van der Waals surface area contributed by atoms with Crippen molar-refractivity contribution in [3.05, 3.63) is 71.8 Å². The summed E-state index contributed by atoms with van der Waals surface area (Å²) in [6.07, 6.45) is 4.35. The molecule has 0 bridgehead atoms. The molecule has 5 heteroatoms. The first-order valence-electron chi connectivity index (χ1n) is 9.20. The average molecular weight is 362 g/mol. The van der Waals surface area contributed by atoms with E-state index in [0.717, 1.165) is 32.7 Å². The summed E-state index contributed by atoms with van der Waals surface area (Å²) >= 11 is 0. The van der Waals surface area contributed by atoms with E-state index < -0.39 is 0 Å². The van der Waals surface area contributed by atoms with Crippen molar-refractivity contribution in [1.29, 1.82) is 5.26 Å². The van der Waals surface area contributed by atoms with E-state index in [0.29, 0.717) is 11.3 Å². The lowest BCUT2D eigenvalue weighted by atomic mass is 10.2. The Labute approximate surface area is 160 Å². The summed E-state index contributed by atoms with van der Waals surface area (Å²) in [7, 11) is 0. The SMILES string of the molecule is N#Cc1ccc(OCC(=O)N2CC[NH+](C/C=C/c3ccccc3)CC2)cc1. The molecule has 0 aromatic heterocycles. The molecule has 2 aromatic carbocycles. The van der Waals surface area contributed by atoms with Crippen LogP contribution in [0.5, 0.6) is 5.75 Å². The molecule has 138 valence electrons. The number of nitrogens with one attached hydrogen (secondary N) is 1. The molecule has 1 amide bonds. The van der Waals surface area contributed by atoms with Gasteiger partial charge in [0.2, 0.25) is 0 Å². The maximum absolute atomic E-state index is 12.3. The normalized spacial score (nSPS) is 14.9. The molecule has 0 saturated carbocycles. The van der Waals surface area contributed by atoms with Crippen molar-refractivity contribution in [1.82, 2.24) is 4.90 Å². The van der Waals surface area contributed by atoms with Crippen molar-refractivity contribution in [3.63, 3.8) is 0 Å². The van der Waals surface area contributed by atoms with Gasteiger partial charge in [0.1, 0.15) is 5.75 Å². The van der Waals surface area contributed by atoms with Gasteiger partial charge in [0.15, 0.2) is 6.61 Å². The molecule has 1 saturated heterocycles. The van der Waals surface area contributed by atoms with E-state index >= 15 is 0 Å². The van der Waals surface area contributed by atoms with Crippen LogP contribution in [0.2, 0.25) is 0 Å². The molecule has 1 fully saturated rings. The third kappa shape index (κ3) is 5.70. The number of amides is 1. The number of nitrogens with zero attached hydrogens (tertiary/aromatic N) is 2. The standard InChI is InChI=1S/C22H23N3O2/c23-17-20-8-10-21(11-9-20)27-18-22(26)25-15-13-24(14-16-25)12-4-7-19-5-2-1-3-6-19/h1-11H,12-16,18H2/p+1/b7-4+. The van der Waals surface area contributed by atoms with Gasteiger partial charge < -0.3 is 14.5 Å². The number of hydrogen-bond donors (Lipinski definition) is 1. The van der Waals surface area contributed by atoms with Crippen LogP contribution in [0.25, 0.3) is 6.08 Å². The summed E-state index contributed by atoms with van der Waals surface area (Å²) in [4.78, 5) is 15.7. The summed E-state index contributed by atoms with van der Waals surface area (Å²) in [6, 6.07) is 19.1. The minimum atomic E-state index is 0.0123.